The predicted octanol–water partition coefficient (Wildman–Crippen LogP) is 3.68. The van der Waals surface area contributed by atoms with Crippen LogP contribution in [0.15, 0.2) is 59.6 Å². The molecule has 6 nitrogen and oxygen atoms in total. The minimum Gasteiger partial charge on any atom is -0.373 e. The van der Waals surface area contributed by atoms with Crippen LogP contribution in [0.4, 0.5) is 0 Å². The van der Waals surface area contributed by atoms with Gasteiger partial charge in [-0.05, 0) is 37.8 Å². The van der Waals surface area contributed by atoms with E-state index < -0.39 is 0 Å². The zero-order valence-electron chi connectivity index (χ0n) is 19.5. The van der Waals surface area contributed by atoms with E-state index in [-0.39, 0.29) is 18.6 Å². The van der Waals surface area contributed by atoms with Gasteiger partial charge in [-0.3, -0.25) is 9.79 Å². The molecule has 2 unspecified atom stereocenters. The molecule has 1 saturated heterocycles. The summed E-state index contributed by atoms with van der Waals surface area (Å²) in [7, 11) is 1.73. The van der Waals surface area contributed by atoms with E-state index in [1.165, 1.54) is 11.1 Å². The van der Waals surface area contributed by atoms with Crippen molar-refractivity contribution < 1.29 is 9.53 Å². The third-order valence-corrected chi connectivity index (χ3v) is 5.96. The van der Waals surface area contributed by atoms with Gasteiger partial charge in [-0.2, -0.15) is 0 Å². The van der Waals surface area contributed by atoms with Crippen molar-refractivity contribution in [2.75, 3.05) is 33.3 Å². The average Bonchev–Trinajstić information content (AvgIpc) is 2.84. The largest absolute Gasteiger partial charge is 0.373 e. The highest BCUT2D eigenvalue weighted by atomic mass is 16.5. The van der Waals surface area contributed by atoms with Gasteiger partial charge in [0.25, 0.3) is 0 Å². The molecule has 0 radical (unpaired) electrons. The van der Waals surface area contributed by atoms with E-state index in [4.69, 9.17) is 4.74 Å². The van der Waals surface area contributed by atoms with Gasteiger partial charge in [0, 0.05) is 39.2 Å². The van der Waals surface area contributed by atoms with Crippen molar-refractivity contribution in [2.24, 2.45) is 10.9 Å². The quantitative estimate of drug-likeness (QED) is 0.489. The highest BCUT2D eigenvalue weighted by Crippen LogP contribution is 2.33. The molecule has 0 aromatic heterocycles. The van der Waals surface area contributed by atoms with Gasteiger partial charge in [0.05, 0.1) is 12.6 Å². The molecule has 3 rings (SSSR count). The number of hydrogen-bond donors (Lipinski definition) is 2. The van der Waals surface area contributed by atoms with Crippen molar-refractivity contribution in [1.82, 2.24) is 15.5 Å². The predicted molar refractivity (Wildman–Crippen MR) is 129 cm³/mol. The van der Waals surface area contributed by atoms with Crippen molar-refractivity contribution in [3.8, 4) is 0 Å². The number of likely N-dealkylation sites (N-methyl/N-ethyl adjacent to an activating group) is 1. The maximum atomic E-state index is 12.7. The Hall–Kier alpha value is -2.86. The van der Waals surface area contributed by atoms with E-state index in [1.54, 1.807) is 7.05 Å². The number of rotatable bonds is 8. The van der Waals surface area contributed by atoms with Gasteiger partial charge < -0.3 is 20.3 Å². The van der Waals surface area contributed by atoms with Crippen LogP contribution in [0.25, 0.3) is 0 Å². The number of aryl methyl sites for hydroxylation is 1. The third-order valence-electron chi connectivity index (χ3n) is 5.96. The summed E-state index contributed by atoms with van der Waals surface area (Å²) in [6.07, 6.45) is 2.24. The SMILES string of the molecule is CCN(Cc1ccccc1)C(=O)CNC(=NC)NCC1CCCOC1c1ccc(C)cc1. The van der Waals surface area contributed by atoms with Crippen molar-refractivity contribution in [2.45, 2.75) is 39.3 Å². The van der Waals surface area contributed by atoms with Gasteiger partial charge in [-0.1, -0.05) is 60.2 Å². The molecular weight excluding hydrogens is 400 g/mol. The van der Waals surface area contributed by atoms with Crippen LogP contribution in [0.2, 0.25) is 0 Å². The average molecular weight is 437 g/mol. The lowest BCUT2D eigenvalue weighted by Crippen LogP contribution is -2.46. The Morgan fingerprint density at radius 3 is 2.56 bits per heavy atom. The van der Waals surface area contributed by atoms with E-state index >= 15 is 0 Å². The molecule has 1 fully saturated rings. The first-order chi connectivity index (χ1) is 15.6. The summed E-state index contributed by atoms with van der Waals surface area (Å²) in [5, 5.41) is 6.58. The Bertz CT molecular complexity index is 867. The summed E-state index contributed by atoms with van der Waals surface area (Å²) in [4.78, 5) is 18.9. The molecule has 1 aliphatic rings. The smallest absolute Gasteiger partial charge is 0.242 e. The number of hydrogen-bond acceptors (Lipinski definition) is 3. The number of benzene rings is 2. The van der Waals surface area contributed by atoms with Crippen LogP contribution in [0.1, 0.15) is 42.6 Å². The third kappa shape index (κ3) is 6.82. The molecule has 6 heteroatoms. The van der Waals surface area contributed by atoms with Crippen LogP contribution in [0, 0.1) is 12.8 Å². The van der Waals surface area contributed by atoms with Crippen LogP contribution < -0.4 is 10.6 Å². The molecule has 2 aromatic carbocycles. The number of guanidine groups is 1. The number of carbonyl (C=O) groups excluding carboxylic acids is 1. The Morgan fingerprint density at radius 2 is 1.88 bits per heavy atom. The molecule has 1 aliphatic heterocycles. The minimum atomic E-state index is 0.0536. The summed E-state index contributed by atoms with van der Waals surface area (Å²) in [5.41, 5.74) is 3.60. The van der Waals surface area contributed by atoms with Crippen LogP contribution in [-0.4, -0.2) is 50.1 Å². The number of amides is 1. The van der Waals surface area contributed by atoms with Crippen molar-refractivity contribution in [1.29, 1.82) is 0 Å². The topological polar surface area (TPSA) is 66.0 Å². The second-order valence-corrected chi connectivity index (χ2v) is 8.30. The van der Waals surface area contributed by atoms with Crippen molar-refractivity contribution in [3.05, 3.63) is 71.3 Å². The summed E-state index contributed by atoms with van der Waals surface area (Å²) in [6.45, 7) is 7.13. The molecule has 1 heterocycles. The summed E-state index contributed by atoms with van der Waals surface area (Å²) >= 11 is 0. The van der Waals surface area contributed by atoms with Crippen molar-refractivity contribution >= 4 is 11.9 Å². The number of ether oxygens (including phenoxy) is 1. The number of nitrogens with zero attached hydrogens (tertiary/aromatic N) is 2. The monoisotopic (exact) mass is 436 g/mol. The molecule has 0 spiro atoms. The number of aliphatic imine (C=N–C) groups is 1. The molecular formula is C26H36N4O2. The maximum absolute atomic E-state index is 12.7. The van der Waals surface area contributed by atoms with Crippen LogP contribution in [0.3, 0.4) is 0 Å². The standard InChI is InChI=1S/C26H36N4O2/c1-4-30(19-21-9-6-5-7-10-21)24(31)18-29-26(27-3)28-17-23-11-8-16-32-25(23)22-14-12-20(2)13-15-22/h5-7,9-10,12-15,23,25H,4,8,11,16-19H2,1-3H3,(H2,27,28,29). The molecule has 0 saturated carbocycles. The van der Waals surface area contributed by atoms with Gasteiger partial charge in [0.1, 0.15) is 0 Å². The lowest BCUT2D eigenvalue weighted by atomic mass is 9.89. The van der Waals surface area contributed by atoms with Gasteiger partial charge in [-0.15, -0.1) is 0 Å². The maximum Gasteiger partial charge on any atom is 0.242 e. The fourth-order valence-corrected chi connectivity index (χ4v) is 4.08. The molecule has 1 amide bonds. The van der Waals surface area contributed by atoms with E-state index in [2.05, 4.69) is 46.8 Å². The molecule has 32 heavy (non-hydrogen) atoms. The number of carbonyl (C=O) groups is 1. The molecule has 0 bridgehead atoms. The van der Waals surface area contributed by atoms with Crippen LogP contribution in [-0.2, 0) is 16.1 Å². The van der Waals surface area contributed by atoms with E-state index in [1.807, 2.05) is 42.2 Å². The highest BCUT2D eigenvalue weighted by Gasteiger charge is 2.27. The minimum absolute atomic E-state index is 0.0536. The lowest BCUT2D eigenvalue weighted by molar-refractivity contribution is -0.130. The van der Waals surface area contributed by atoms with Gasteiger partial charge in [-0.25, -0.2) is 0 Å². The van der Waals surface area contributed by atoms with Gasteiger partial charge in [0.15, 0.2) is 5.96 Å². The van der Waals surface area contributed by atoms with E-state index in [0.29, 0.717) is 25.0 Å². The number of nitrogens with one attached hydrogen (secondary N) is 2. The highest BCUT2D eigenvalue weighted by molar-refractivity contribution is 5.86. The van der Waals surface area contributed by atoms with Crippen LogP contribution in [0.5, 0.6) is 0 Å². The first-order valence-corrected chi connectivity index (χ1v) is 11.5. The Balaban J connectivity index is 1.51. The lowest BCUT2D eigenvalue weighted by Gasteiger charge is -2.32. The Kier molecular flexibility index (Phi) is 9.11. The summed E-state index contributed by atoms with van der Waals surface area (Å²) in [5.74, 6) is 1.05. The van der Waals surface area contributed by atoms with Crippen molar-refractivity contribution in [3.63, 3.8) is 0 Å². The Labute approximate surface area is 192 Å². The molecule has 2 atom stereocenters. The molecule has 172 valence electrons. The zero-order valence-corrected chi connectivity index (χ0v) is 19.5. The molecule has 0 aliphatic carbocycles. The Morgan fingerprint density at radius 1 is 1.12 bits per heavy atom. The normalized spacial score (nSPS) is 18.8. The molecule has 2 N–H and O–H groups in total. The second-order valence-electron chi connectivity index (χ2n) is 8.30. The summed E-state index contributed by atoms with van der Waals surface area (Å²) in [6, 6.07) is 18.7. The fraction of sp³-hybridized carbons (Fsp3) is 0.462. The summed E-state index contributed by atoms with van der Waals surface area (Å²) < 4.78 is 6.12. The second kappa shape index (κ2) is 12.2. The van der Waals surface area contributed by atoms with Gasteiger partial charge >= 0.3 is 0 Å². The molecule has 2 aromatic rings. The van der Waals surface area contributed by atoms with Crippen LogP contribution >= 0.6 is 0 Å². The van der Waals surface area contributed by atoms with E-state index in [0.717, 1.165) is 31.6 Å². The first-order valence-electron chi connectivity index (χ1n) is 11.5. The first kappa shape index (κ1) is 23.8. The van der Waals surface area contributed by atoms with E-state index in [9.17, 15) is 4.79 Å². The zero-order chi connectivity index (χ0) is 22.8. The fourth-order valence-electron chi connectivity index (χ4n) is 4.08. The van der Waals surface area contributed by atoms with Gasteiger partial charge in [0.2, 0.25) is 5.91 Å².